The third-order valence-electron chi connectivity index (χ3n) is 4.04. The highest BCUT2D eigenvalue weighted by Gasteiger charge is 2.15. The zero-order chi connectivity index (χ0) is 17.6. The van der Waals surface area contributed by atoms with E-state index in [2.05, 4.69) is 10.2 Å². The number of rotatable bonds is 6. The first-order valence-electron chi connectivity index (χ1n) is 8.14. The topological polar surface area (TPSA) is 84.7 Å². The van der Waals surface area contributed by atoms with Crippen molar-refractivity contribution in [2.75, 3.05) is 29.9 Å². The summed E-state index contributed by atoms with van der Waals surface area (Å²) in [4.78, 5) is 24.7. The van der Waals surface area contributed by atoms with Crippen molar-refractivity contribution in [2.45, 2.75) is 12.8 Å². The van der Waals surface area contributed by atoms with Crippen molar-refractivity contribution in [1.29, 1.82) is 0 Å². The van der Waals surface area contributed by atoms with Crippen LogP contribution in [0.3, 0.4) is 0 Å². The van der Waals surface area contributed by atoms with E-state index in [-0.39, 0.29) is 24.0 Å². The van der Waals surface area contributed by atoms with E-state index in [1.54, 1.807) is 12.1 Å². The minimum absolute atomic E-state index is 0.0760. The highest BCUT2D eigenvalue weighted by molar-refractivity contribution is 5.92. The van der Waals surface area contributed by atoms with E-state index >= 15 is 0 Å². The summed E-state index contributed by atoms with van der Waals surface area (Å²) >= 11 is 0. The van der Waals surface area contributed by atoms with Gasteiger partial charge in [-0.2, -0.15) is 0 Å². The molecule has 1 fully saturated rings. The number of carbonyl (C=O) groups is 1. The van der Waals surface area contributed by atoms with Gasteiger partial charge < -0.3 is 15.0 Å². The Kier molecular flexibility index (Phi) is 5.13. The summed E-state index contributed by atoms with van der Waals surface area (Å²) in [5.41, 5.74) is 1.65. The van der Waals surface area contributed by atoms with E-state index in [0.29, 0.717) is 5.69 Å². The maximum absolute atomic E-state index is 12.0. The summed E-state index contributed by atoms with van der Waals surface area (Å²) in [6.07, 6.45) is 2.42. The Hall–Kier alpha value is -3.09. The molecule has 1 saturated heterocycles. The monoisotopic (exact) mass is 341 g/mol. The predicted molar refractivity (Wildman–Crippen MR) is 95.1 cm³/mol. The molecule has 0 aromatic heterocycles. The number of amides is 1. The number of nitro benzene ring substituents is 1. The molecule has 1 aliphatic rings. The standard InChI is InChI=1S/C18H19N3O4/c22-18(13-25-17-6-2-1-5-16(17)21(23)24)19-14-7-9-15(10-8-14)20-11-3-4-12-20/h1-2,5-10H,3-4,11-13H2,(H,19,22). The van der Waals surface area contributed by atoms with Gasteiger partial charge in [-0.3, -0.25) is 14.9 Å². The van der Waals surface area contributed by atoms with Crippen molar-refractivity contribution in [1.82, 2.24) is 0 Å². The number of benzene rings is 2. The summed E-state index contributed by atoms with van der Waals surface area (Å²) < 4.78 is 5.28. The van der Waals surface area contributed by atoms with E-state index in [1.807, 2.05) is 24.3 Å². The van der Waals surface area contributed by atoms with Crippen LogP contribution in [0.5, 0.6) is 5.75 Å². The van der Waals surface area contributed by atoms with E-state index < -0.39 is 4.92 Å². The second-order valence-electron chi connectivity index (χ2n) is 5.80. The molecule has 2 aromatic carbocycles. The lowest BCUT2D eigenvalue weighted by Gasteiger charge is -2.17. The lowest BCUT2D eigenvalue weighted by atomic mass is 10.2. The summed E-state index contributed by atoms with van der Waals surface area (Å²) in [5, 5.41) is 13.6. The van der Waals surface area contributed by atoms with Crippen LogP contribution in [0.15, 0.2) is 48.5 Å². The molecular formula is C18H19N3O4. The first-order valence-corrected chi connectivity index (χ1v) is 8.14. The minimum atomic E-state index is -0.537. The second-order valence-corrected chi connectivity index (χ2v) is 5.80. The molecular weight excluding hydrogens is 322 g/mol. The lowest BCUT2D eigenvalue weighted by molar-refractivity contribution is -0.385. The Balaban J connectivity index is 1.55. The summed E-state index contributed by atoms with van der Waals surface area (Å²) in [5.74, 6) is -0.292. The molecule has 1 amide bonds. The fraction of sp³-hybridized carbons (Fsp3) is 0.278. The van der Waals surface area contributed by atoms with Gasteiger partial charge in [0, 0.05) is 30.5 Å². The number of carbonyl (C=O) groups excluding carboxylic acids is 1. The third kappa shape index (κ3) is 4.26. The Morgan fingerprint density at radius 2 is 1.80 bits per heavy atom. The van der Waals surface area contributed by atoms with Crippen LogP contribution in [0.2, 0.25) is 0 Å². The average Bonchev–Trinajstić information content (AvgIpc) is 3.15. The quantitative estimate of drug-likeness (QED) is 0.644. The first-order chi connectivity index (χ1) is 12.1. The van der Waals surface area contributed by atoms with Crippen LogP contribution in [-0.4, -0.2) is 30.5 Å². The van der Waals surface area contributed by atoms with Crippen molar-refractivity contribution in [2.24, 2.45) is 0 Å². The Labute approximate surface area is 145 Å². The van der Waals surface area contributed by atoms with Gasteiger partial charge in [-0.15, -0.1) is 0 Å². The maximum Gasteiger partial charge on any atom is 0.310 e. The molecule has 1 aliphatic heterocycles. The molecule has 7 nitrogen and oxygen atoms in total. The van der Waals surface area contributed by atoms with Crippen molar-refractivity contribution in [3.8, 4) is 5.75 Å². The number of nitrogens with zero attached hydrogens (tertiary/aromatic N) is 2. The summed E-state index contributed by atoms with van der Waals surface area (Å²) in [7, 11) is 0. The Bertz CT molecular complexity index is 755. The highest BCUT2D eigenvalue weighted by atomic mass is 16.6. The smallest absolute Gasteiger partial charge is 0.310 e. The van der Waals surface area contributed by atoms with Gasteiger partial charge in [0.15, 0.2) is 12.4 Å². The molecule has 0 spiro atoms. The van der Waals surface area contributed by atoms with Crippen LogP contribution in [-0.2, 0) is 4.79 Å². The van der Waals surface area contributed by atoms with Gasteiger partial charge in [0.1, 0.15) is 0 Å². The summed E-state index contributed by atoms with van der Waals surface area (Å²) in [6, 6.07) is 13.6. The molecule has 0 radical (unpaired) electrons. The van der Waals surface area contributed by atoms with Crippen LogP contribution >= 0.6 is 0 Å². The highest BCUT2D eigenvalue weighted by Crippen LogP contribution is 2.26. The molecule has 3 rings (SSSR count). The fourth-order valence-electron chi connectivity index (χ4n) is 2.80. The van der Waals surface area contributed by atoms with Crippen molar-refractivity contribution in [3.63, 3.8) is 0 Å². The minimum Gasteiger partial charge on any atom is -0.477 e. The van der Waals surface area contributed by atoms with E-state index in [1.165, 1.54) is 25.0 Å². The largest absolute Gasteiger partial charge is 0.477 e. The fourth-order valence-corrected chi connectivity index (χ4v) is 2.80. The SMILES string of the molecule is O=C(COc1ccccc1[N+](=O)[O-])Nc1ccc(N2CCCC2)cc1. The van der Waals surface area contributed by atoms with Crippen LogP contribution < -0.4 is 15.0 Å². The maximum atomic E-state index is 12.0. The van der Waals surface area contributed by atoms with Crippen LogP contribution in [0.25, 0.3) is 0 Å². The van der Waals surface area contributed by atoms with Crippen molar-refractivity contribution in [3.05, 3.63) is 58.6 Å². The molecule has 0 unspecified atom stereocenters. The number of para-hydroxylation sites is 2. The normalized spacial score (nSPS) is 13.5. The molecule has 0 aliphatic carbocycles. The van der Waals surface area contributed by atoms with Gasteiger partial charge in [-0.25, -0.2) is 0 Å². The van der Waals surface area contributed by atoms with Gasteiger partial charge in [0.05, 0.1) is 4.92 Å². The molecule has 2 aromatic rings. The third-order valence-corrected chi connectivity index (χ3v) is 4.04. The van der Waals surface area contributed by atoms with Crippen molar-refractivity contribution < 1.29 is 14.5 Å². The lowest BCUT2D eigenvalue weighted by Crippen LogP contribution is -2.21. The number of ether oxygens (including phenoxy) is 1. The number of nitrogens with one attached hydrogen (secondary N) is 1. The zero-order valence-corrected chi connectivity index (χ0v) is 13.7. The van der Waals surface area contributed by atoms with Gasteiger partial charge in [-0.1, -0.05) is 12.1 Å². The van der Waals surface area contributed by atoms with Crippen LogP contribution in [0.4, 0.5) is 17.1 Å². The molecule has 0 atom stereocenters. The van der Waals surface area contributed by atoms with Crippen molar-refractivity contribution >= 4 is 23.0 Å². The average molecular weight is 341 g/mol. The van der Waals surface area contributed by atoms with Gasteiger partial charge in [0.2, 0.25) is 0 Å². The summed E-state index contributed by atoms with van der Waals surface area (Å²) in [6.45, 7) is 1.84. The molecule has 0 saturated carbocycles. The number of nitro groups is 1. The number of anilines is 2. The molecule has 1 N–H and O–H groups in total. The number of hydrogen-bond donors (Lipinski definition) is 1. The molecule has 0 bridgehead atoms. The molecule has 1 heterocycles. The first kappa shape index (κ1) is 16.8. The van der Waals surface area contributed by atoms with Gasteiger partial charge in [-0.05, 0) is 43.2 Å². The molecule has 130 valence electrons. The second kappa shape index (κ2) is 7.65. The van der Waals surface area contributed by atoms with Crippen LogP contribution in [0, 0.1) is 10.1 Å². The Morgan fingerprint density at radius 3 is 2.48 bits per heavy atom. The van der Waals surface area contributed by atoms with E-state index in [9.17, 15) is 14.9 Å². The zero-order valence-electron chi connectivity index (χ0n) is 13.7. The molecule has 25 heavy (non-hydrogen) atoms. The molecule has 7 heteroatoms. The Morgan fingerprint density at radius 1 is 1.12 bits per heavy atom. The van der Waals surface area contributed by atoms with E-state index in [0.717, 1.165) is 18.8 Å². The van der Waals surface area contributed by atoms with Gasteiger partial charge in [0.25, 0.3) is 5.91 Å². The number of hydrogen-bond acceptors (Lipinski definition) is 5. The van der Waals surface area contributed by atoms with Crippen LogP contribution in [0.1, 0.15) is 12.8 Å². The van der Waals surface area contributed by atoms with E-state index in [4.69, 9.17) is 4.74 Å². The van der Waals surface area contributed by atoms with Gasteiger partial charge >= 0.3 is 5.69 Å². The predicted octanol–water partition coefficient (Wildman–Crippen LogP) is 3.21.